The summed E-state index contributed by atoms with van der Waals surface area (Å²) < 4.78 is 0. The van der Waals surface area contributed by atoms with E-state index in [0.29, 0.717) is 18.4 Å². The van der Waals surface area contributed by atoms with E-state index in [4.69, 9.17) is 0 Å². The molecule has 6 aliphatic rings. The van der Waals surface area contributed by atoms with Crippen LogP contribution in [0.3, 0.4) is 0 Å². The molecule has 2 saturated heterocycles. The maximum absolute atomic E-state index is 14.4. The Morgan fingerprint density at radius 1 is 0.628 bits per heavy atom. The van der Waals surface area contributed by atoms with Gasteiger partial charge in [0.2, 0.25) is 23.6 Å². The summed E-state index contributed by atoms with van der Waals surface area (Å²) in [7, 11) is 0. The summed E-state index contributed by atoms with van der Waals surface area (Å²) in [5.41, 5.74) is 1.64. The van der Waals surface area contributed by atoms with Gasteiger partial charge in [-0.3, -0.25) is 29.0 Å². The number of rotatable bonds is 3. The predicted molar refractivity (Wildman–Crippen MR) is 161 cm³/mol. The minimum Gasteiger partial charge on any atom is -0.508 e. The van der Waals surface area contributed by atoms with Gasteiger partial charge in [0.1, 0.15) is 5.75 Å². The third-order valence-electron chi connectivity index (χ3n) is 11.9. The van der Waals surface area contributed by atoms with Crippen molar-refractivity contribution in [1.82, 2.24) is 9.80 Å². The summed E-state index contributed by atoms with van der Waals surface area (Å²) in [5, 5.41) is 13.3. The fraction of sp³-hybridized carbons (Fsp3) is 0.556. The second-order valence-corrected chi connectivity index (χ2v) is 13.9. The maximum atomic E-state index is 14.4. The molecule has 0 aromatic heterocycles. The van der Waals surface area contributed by atoms with Gasteiger partial charge in [-0.05, 0) is 61.3 Å². The molecule has 2 aliphatic heterocycles. The Balaban J connectivity index is 1.26. The number of phenols is 1. The van der Waals surface area contributed by atoms with Gasteiger partial charge in [-0.25, -0.2) is 0 Å². The number of aromatic hydroxyl groups is 1. The van der Waals surface area contributed by atoms with Crippen LogP contribution in [-0.4, -0.2) is 50.6 Å². The average molecular weight is 581 g/mol. The SMILES string of the molecule is O=C1C2CC=C3C(CC4C(=O)N(C5CCCCC5)C(=O)C4C3c3c(O)ccc4ccccc34)C2C(=O)N1C1CCCCC1. The van der Waals surface area contributed by atoms with E-state index in [9.17, 15) is 24.3 Å². The van der Waals surface area contributed by atoms with E-state index < -0.39 is 29.6 Å². The average Bonchev–Trinajstić information content (AvgIpc) is 3.44. The molecule has 7 nitrogen and oxygen atoms in total. The van der Waals surface area contributed by atoms with Crippen LogP contribution in [0.5, 0.6) is 5.75 Å². The van der Waals surface area contributed by atoms with Gasteiger partial charge < -0.3 is 5.11 Å². The van der Waals surface area contributed by atoms with Crippen LogP contribution in [-0.2, 0) is 19.2 Å². The van der Waals surface area contributed by atoms with Crippen LogP contribution < -0.4 is 0 Å². The van der Waals surface area contributed by atoms with Gasteiger partial charge in [0, 0.05) is 23.6 Å². The standard InChI is InChI=1S/C36H40N2O5/c39-28-18-15-20-9-7-8-14-23(20)30(28)31-24-16-17-25-29(35(42)37(33(25)40)21-10-3-1-4-11-21)26(24)19-27-32(31)36(43)38(34(27)41)22-12-5-2-6-13-22/h7-9,14-16,18,21-22,25-27,29,31-32,39H,1-6,10-13,17,19H2. The Bertz CT molecular complexity index is 1550. The van der Waals surface area contributed by atoms with Crippen molar-refractivity contribution in [2.75, 3.05) is 0 Å². The Hall–Kier alpha value is -3.48. The summed E-state index contributed by atoms with van der Waals surface area (Å²) in [6.45, 7) is 0. The highest BCUT2D eigenvalue weighted by Gasteiger charge is 2.63. The van der Waals surface area contributed by atoms with Gasteiger partial charge in [-0.15, -0.1) is 0 Å². The highest BCUT2D eigenvalue weighted by Crippen LogP contribution is 2.60. The van der Waals surface area contributed by atoms with Gasteiger partial charge in [-0.2, -0.15) is 0 Å². The zero-order chi connectivity index (χ0) is 29.4. The van der Waals surface area contributed by atoms with Crippen molar-refractivity contribution < 1.29 is 24.3 Å². The normalized spacial score (nSPS) is 33.5. The van der Waals surface area contributed by atoms with E-state index in [0.717, 1.165) is 80.6 Å². The lowest BCUT2D eigenvalue weighted by molar-refractivity contribution is -0.145. The molecule has 2 heterocycles. The fourth-order valence-corrected chi connectivity index (χ4v) is 9.97. The number of hydrogen-bond acceptors (Lipinski definition) is 5. The molecule has 4 amide bonds. The van der Waals surface area contributed by atoms with Crippen molar-refractivity contribution in [3.8, 4) is 5.75 Å². The van der Waals surface area contributed by atoms with Crippen LogP contribution in [0.2, 0.25) is 0 Å². The summed E-state index contributed by atoms with van der Waals surface area (Å²) in [4.78, 5) is 59.9. The van der Waals surface area contributed by atoms with E-state index in [-0.39, 0.29) is 47.4 Å². The first-order valence-corrected chi connectivity index (χ1v) is 16.6. The third kappa shape index (κ3) is 3.99. The van der Waals surface area contributed by atoms with Crippen molar-refractivity contribution in [3.05, 3.63) is 53.6 Å². The second kappa shape index (κ2) is 10.3. The molecule has 1 N–H and O–H groups in total. The number of allylic oxidation sites excluding steroid dienone is 2. The van der Waals surface area contributed by atoms with Crippen LogP contribution in [0.1, 0.15) is 88.5 Å². The Morgan fingerprint density at radius 3 is 1.91 bits per heavy atom. The number of benzene rings is 2. The van der Waals surface area contributed by atoms with Crippen molar-refractivity contribution >= 4 is 34.4 Å². The number of phenolic OH excluding ortho intramolecular Hbond substituents is 1. The monoisotopic (exact) mass is 580 g/mol. The lowest BCUT2D eigenvalue weighted by Gasteiger charge is -2.44. The Morgan fingerprint density at radius 2 is 1.23 bits per heavy atom. The van der Waals surface area contributed by atoms with E-state index in [1.807, 2.05) is 30.3 Å². The number of likely N-dealkylation sites (tertiary alicyclic amines) is 2. The summed E-state index contributed by atoms with van der Waals surface area (Å²) in [6, 6.07) is 11.3. The molecule has 224 valence electrons. The number of hydrogen-bond donors (Lipinski definition) is 1. The first kappa shape index (κ1) is 27.1. The lowest BCUT2D eigenvalue weighted by Crippen LogP contribution is -2.44. The predicted octanol–water partition coefficient (Wildman–Crippen LogP) is 5.85. The van der Waals surface area contributed by atoms with Crippen LogP contribution in [0.4, 0.5) is 0 Å². The van der Waals surface area contributed by atoms with Gasteiger partial charge in [0.15, 0.2) is 0 Å². The number of nitrogens with zero attached hydrogens (tertiary/aromatic N) is 2. The van der Waals surface area contributed by atoms with Crippen molar-refractivity contribution in [3.63, 3.8) is 0 Å². The largest absolute Gasteiger partial charge is 0.508 e. The van der Waals surface area contributed by atoms with Crippen molar-refractivity contribution in [2.24, 2.45) is 29.6 Å². The van der Waals surface area contributed by atoms with Gasteiger partial charge in [-0.1, -0.05) is 80.5 Å². The highest BCUT2D eigenvalue weighted by molar-refractivity contribution is 6.08. The summed E-state index contributed by atoms with van der Waals surface area (Å²) in [5.74, 6) is -3.21. The molecule has 0 bridgehead atoms. The van der Waals surface area contributed by atoms with Crippen LogP contribution in [0, 0.1) is 29.6 Å². The van der Waals surface area contributed by atoms with E-state index in [1.54, 1.807) is 15.9 Å². The first-order valence-electron chi connectivity index (χ1n) is 16.6. The molecular formula is C36H40N2O5. The van der Waals surface area contributed by atoms with E-state index in [2.05, 4.69) is 6.08 Å². The molecule has 0 spiro atoms. The van der Waals surface area contributed by atoms with Crippen LogP contribution in [0.15, 0.2) is 48.0 Å². The summed E-state index contributed by atoms with van der Waals surface area (Å²) in [6.07, 6.45) is 12.7. The fourth-order valence-electron chi connectivity index (χ4n) is 9.97. The van der Waals surface area contributed by atoms with Gasteiger partial charge in [0.05, 0.1) is 23.7 Å². The molecule has 5 fully saturated rings. The highest BCUT2D eigenvalue weighted by atomic mass is 16.3. The Kier molecular flexibility index (Phi) is 6.50. The van der Waals surface area contributed by atoms with Gasteiger partial charge >= 0.3 is 0 Å². The number of imide groups is 2. The van der Waals surface area contributed by atoms with Crippen LogP contribution in [0.25, 0.3) is 10.8 Å². The number of amides is 4. The number of carbonyl (C=O) groups is 4. The second-order valence-electron chi connectivity index (χ2n) is 13.9. The van der Waals surface area contributed by atoms with E-state index >= 15 is 0 Å². The molecule has 6 unspecified atom stereocenters. The molecule has 0 radical (unpaired) electrons. The third-order valence-corrected chi connectivity index (χ3v) is 11.9. The van der Waals surface area contributed by atoms with Gasteiger partial charge in [0.25, 0.3) is 0 Å². The molecule has 4 aliphatic carbocycles. The zero-order valence-electron chi connectivity index (χ0n) is 24.6. The molecule has 7 heteroatoms. The Labute approximate surface area is 252 Å². The molecular weight excluding hydrogens is 540 g/mol. The van der Waals surface area contributed by atoms with Crippen molar-refractivity contribution in [1.29, 1.82) is 0 Å². The molecule has 3 saturated carbocycles. The number of fused-ring (bicyclic) bond motifs is 5. The maximum Gasteiger partial charge on any atom is 0.234 e. The lowest BCUT2D eigenvalue weighted by atomic mass is 9.56. The molecule has 2 aromatic rings. The minimum absolute atomic E-state index is 0.0338. The molecule has 6 atom stereocenters. The minimum atomic E-state index is -0.619. The van der Waals surface area contributed by atoms with E-state index in [1.165, 1.54) is 0 Å². The zero-order valence-corrected chi connectivity index (χ0v) is 24.6. The molecule has 8 rings (SSSR count). The summed E-state index contributed by atoms with van der Waals surface area (Å²) >= 11 is 0. The van der Waals surface area contributed by atoms with Crippen LogP contribution >= 0.6 is 0 Å². The smallest absolute Gasteiger partial charge is 0.234 e. The number of carbonyl (C=O) groups excluding carboxylic acids is 4. The van der Waals surface area contributed by atoms with Crippen molar-refractivity contribution in [2.45, 2.75) is 95.1 Å². The quantitative estimate of drug-likeness (QED) is 0.363. The molecule has 43 heavy (non-hydrogen) atoms. The first-order chi connectivity index (χ1) is 21.0. The topological polar surface area (TPSA) is 95.0 Å². The molecule has 2 aromatic carbocycles.